The number of rotatable bonds is 5. The van der Waals surface area contributed by atoms with E-state index in [1.807, 2.05) is 6.92 Å². The van der Waals surface area contributed by atoms with E-state index < -0.39 is 0 Å². The van der Waals surface area contributed by atoms with Crippen LogP contribution < -0.4 is 15.8 Å². The molecule has 2 aromatic carbocycles. The van der Waals surface area contributed by atoms with Crippen LogP contribution in [0.3, 0.4) is 0 Å². The van der Waals surface area contributed by atoms with Crippen LogP contribution in [0.15, 0.2) is 36.7 Å². The van der Waals surface area contributed by atoms with Gasteiger partial charge in [-0.15, -0.1) is 0 Å². The number of aromatic nitrogens is 2. The van der Waals surface area contributed by atoms with Crippen LogP contribution >= 0.6 is 0 Å². The zero-order valence-electron chi connectivity index (χ0n) is 20.7. The summed E-state index contributed by atoms with van der Waals surface area (Å²) in [6.07, 6.45) is 7.81. The molecule has 3 aromatic rings. The number of aryl methyl sites for hydroxylation is 1. The van der Waals surface area contributed by atoms with E-state index in [4.69, 9.17) is 10.5 Å². The molecule has 2 aliphatic rings. The third-order valence-corrected chi connectivity index (χ3v) is 7.93. The lowest BCUT2D eigenvalue weighted by Crippen LogP contribution is -2.42. The third kappa shape index (κ3) is 3.80. The molecule has 0 bridgehead atoms. The van der Waals surface area contributed by atoms with Crippen molar-refractivity contribution >= 4 is 17.3 Å². The Morgan fingerprint density at radius 2 is 1.76 bits per heavy atom. The second-order valence-corrected chi connectivity index (χ2v) is 9.87. The molecule has 5 rings (SSSR count). The van der Waals surface area contributed by atoms with Gasteiger partial charge >= 0.3 is 0 Å². The van der Waals surface area contributed by atoms with Crippen LogP contribution in [0.25, 0.3) is 0 Å². The molecule has 1 spiro atoms. The molecular formula is C28H35N5O. The van der Waals surface area contributed by atoms with Gasteiger partial charge in [0.2, 0.25) is 0 Å². The van der Waals surface area contributed by atoms with Crippen molar-refractivity contribution in [3.05, 3.63) is 70.0 Å². The van der Waals surface area contributed by atoms with Crippen molar-refractivity contribution < 1.29 is 4.74 Å². The number of fused-ring (bicyclic) bond motifs is 2. The van der Waals surface area contributed by atoms with Gasteiger partial charge in [0, 0.05) is 29.9 Å². The van der Waals surface area contributed by atoms with Gasteiger partial charge in [0.05, 0.1) is 7.11 Å². The van der Waals surface area contributed by atoms with E-state index in [1.54, 1.807) is 7.11 Å². The van der Waals surface area contributed by atoms with E-state index in [9.17, 15) is 0 Å². The maximum Gasteiger partial charge on any atom is 0.138 e. The lowest BCUT2D eigenvalue weighted by atomic mass is 9.74. The van der Waals surface area contributed by atoms with E-state index in [0.29, 0.717) is 5.82 Å². The fraction of sp³-hybridized carbons (Fsp3) is 0.429. The summed E-state index contributed by atoms with van der Waals surface area (Å²) in [5, 5.41) is 3.59. The topological polar surface area (TPSA) is 76.3 Å². The number of hydrogen-bond donors (Lipinski definition) is 2. The molecule has 6 nitrogen and oxygen atoms in total. The van der Waals surface area contributed by atoms with Crippen molar-refractivity contribution in [2.75, 3.05) is 18.2 Å². The molecule has 3 N–H and O–H groups in total. The highest BCUT2D eigenvalue weighted by molar-refractivity contribution is 5.70. The Morgan fingerprint density at radius 1 is 1.03 bits per heavy atom. The number of nitrogens with two attached hydrogens (primary N) is 1. The van der Waals surface area contributed by atoms with Gasteiger partial charge < -0.3 is 15.8 Å². The van der Waals surface area contributed by atoms with Crippen molar-refractivity contribution in [3.8, 4) is 5.75 Å². The number of nitrogens with zero attached hydrogens (tertiary/aromatic N) is 3. The second kappa shape index (κ2) is 8.91. The van der Waals surface area contributed by atoms with Crippen LogP contribution in [0.4, 0.5) is 17.3 Å². The first kappa shape index (κ1) is 22.7. The normalized spacial score (nSPS) is 17.1. The number of methoxy groups -OCH3 is 1. The Labute approximate surface area is 202 Å². The quantitative estimate of drug-likeness (QED) is 0.496. The standard InChI is InChI=1S/C28H35N5O/c1-18-14-24(32-27-20(3)26(29)30-17-31-27)19(2)25-23(18)16-33(28(25)12-6-5-7-13-28)15-21-8-10-22(34-4)11-9-21/h8-11,14,17H,5-7,12-13,15-16H2,1-4H3,(H3,29,30,31,32). The molecule has 1 aliphatic carbocycles. The maximum absolute atomic E-state index is 6.05. The van der Waals surface area contributed by atoms with Crippen LogP contribution in [0.1, 0.15) is 65.5 Å². The van der Waals surface area contributed by atoms with E-state index in [1.165, 1.54) is 66.2 Å². The summed E-state index contributed by atoms with van der Waals surface area (Å²) >= 11 is 0. The highest BCUT2D eigenvalue weighted by Gasteiger charge is 2.47. The van der Waals surface area contributed by atoms with Crippen LogP contribution in [-0.2, 0) is 18.6 Å². The van der Waals surface area contributed by atoms with E-state index in [2.05, 4.69) is 64.4 Å². The molecule has 0 radical (unpaired) electrons. The van der Waals surface area contributed by atoms with Crippen LogP contribution in [0, 0.1) is 20.8 Å². The van der Waals surface area contributed by atoms with Crippen molar-refractivity contribution in [3.63, 3.8) is 0 Å². The van der Waals surface area contributed by atoms with Gasteiger partial charge in [-0.25, -0.2) is 9.97 Å². The van der Waals surface area contributed by atoms with Gasteiger partial charge in [-0.05, 0) is 79.6 Å². The third-order valence-electron chi connectivity index (χ3n) is 7.93. The first-order chi connectivity index (χ1) is 16.4. The number of nitrogens with one attached hydrogen (secondary N) is 1. The van der Waals surface area contributed by atoms with Gasteiger partial charge in [-0.3, -0.25) is 4.90 Å². The second-order valence-electron chi connectivity index (χ2n) is 9.87. The molecule has 6 heteroatoms. The zero-order valence-corrected chi connectivity index (χ0v) is 20.7. The lowest BCUT2D eigenvalue weighted by Gasteiger charge is -2.43. The Bertz CT molecular complexity index is 1200. The summed E-state index contributed by atoms with van der Waals surface area (Å²) in [5.41, 5.74) is 15.2. The number of nitrogen functional groups attached to an aromatic ring is 1. The number of hydrogen-bond acceptors (Lipinski definition) is 6. The van der Waals surface area contributed by atoms with E-state index >= 15 is 0 Å². The Kier molecular flexibility index (Phi) is 5.94. The van der Waals surface area contributed by atoms with Crippen LogP contribution in [0.5, 0.6) is 5.75 Å². The lowest BCUT2D eigenvalue weighted by molar-refractivity contribution is 0.0534. The summed E-state index contributed by atoms with van der Waals surface area (Å²) in [6, 6.07) is 10.8. The molecule has 1 saturated carbocycles. The minimum absolute atomic E-state index is 0.0831. The smallest absolute Gasteiger partial charge is 0.138 e. The van der Waals surface area contributed by atoms with E-state index in [0.717, 1.165) is 35.9 Å². The first-order valence-electron chi connectivity index (χ1n) is 12.3. The summed E-state index contributed by atoms with van der Waals surface area (Å²) in [6.45, 7) is 8.42. The molecule has 178 valence electrons. The van der Waals surface area contributed by atoms with Gasteiger partial charge in [0.15, 0.2) is 0 Å². The molecule has 0 unspecified atom stereocenters. The summed E-state index contributed by atoms with van der Waals surface area (Å²) in [7, 11) is 1.72. The predicted molar refractivity (Wildman–Crippen MR) is 137 cm³/mol. The molecular weight excluding hydrogens is 422 g/mol. The van der Waals surface area contributed by atoms with Crippen LogP contribution in [-0.4, -0.2) is 22.0 Å². The molecule has 1 aliphatic heterocycles. The monoisotopic (exact) mass is 457 g/mol. The van der Waals surface area contributed by atoms with Crippen LogP contribution in [0.2, 0.25) is 0 Å². The van der Waals surface area contributed by atoms with E-state index in [-0.39, 0.29) is 5.54 Å². The minimum atomic E-state index is 0.0831. The fourth-order valence-electron chi connectivity index (χ4n) is 6.01. The largest absolute Gasteiger partial charge is 0.497 e. The number of ether oxygens (including phenoxy) is 1. The molecule has 1 fully saturated rings. The molecule has 34 heavy (non-hydrogen) atoms. The van der Waals surface area contributed by atoms with Gasteiger partial charge in [0.1, 0.15) is 23.7 Å². The average molecular weight is 458 g/mol. The Balaban J connectivity index is 1.55. The minimum Gasteiger partial charge on any atom is -0.497 e. The fourth-order valence-corrected chi connectivity index (χ4v) is 6.01. The highest BCUT2D eigenvalue weighted by atomic mass is 16.5. The molecule has 1 aromatic heterocycles. The zero-order chi connectivity index (χ0) is 23.9. The summed E-state index contributed by atoms with van der Waals surface area (Å²) < 4.78 is 5.37. The van der Waals surface area contributed by atoms with Gasteiger partial charge in [0.25, 0.3) is 0 Å². The maximum atomic E-state index is 6.05. The number of anilines is 3. The van der Waals surface area contributed by atoms with Gasteiger partial charge in [-0.2, -0.15) is 0 Å². The van der Waals surface area contributed by atoms with Crippen molar-refractivity contribution in [1.82, 2.24) is 14.9 Å². The molecule has 0 saturated heterocycles. The Hall–Kier alpha value is -3.12. The van der Waals surface area contributed by atoms with Gasteiger partial charge in [-0.1, -0.05) is 31.4 Å². The molecule has 2 heterocycles. The Morgan fingerprint density at radius 3 is 2.47 bits per heavy atom. The predicted octanol–water partition coefficient (Wildman–Crippen LogP) is 5.91. The molecule has 0 amide bonds. The van der Waals surface area contributed by atoms with Crippen molar-refractivity contribution in [1.29, 1.82) is 0 Å². The average Bonchev–Trinajstić information content (AvgIpc) is 3.14. The highest BCUT2D eigenvalue weighted by Crippen LogP contribution is 2.52. The summed E-state index contributed by atoms with van der Waals surface area (Å²) in [5.74, 6) is 2.20. The summed E-state index contributed by atoms with van der Waals surface area (Å²) in [4.78, 5) is 11.3. The van der Waals surface area contributed by atoms with Crippen molar-refractivity contribution in [2.45, 2.75) is 71.5 Å². The first-order valence-corrected chi connectivity index (χ1v) is 12.3. The number of benzene rings is 2. The van der Waals surface area contributed by atoms with Crippen molar-refractivity contribution in [2.24, 2.45) is 0 Å². The SMILES string of the molecule is COc1ccc(CN2Cc3c(C)cc(Nc4ncnc(N)c4C)c(C)c3C23CCCCC3)cc1. The molecule has 0 atom stereocenters.